The van der Waals surface area contributed by atoms with Crippen molar-refractivity contribution in [1.29, 1.82) is 0 Å². The van der Waals surface area contributed by atoms with Crippen LogP contribution in [0.15, 0.2) is 42.5 Å². The lowest BCUT2D eigenvalue weighted by molar-refractivity contribution is -0.138. The number of hydrogen-bond donors (Lipinski definition) is 2. The predicted molar refractivity (Wildman–Crippen MR) is 85.1 cm³/mol. The lowest BCUT2D eigenvalue weighted by atomic mass is 10.0. The molecule has 23 heavy (non-hydrogen) atoms. The maximum atomic E-state index is 11.0. The van der Waals surface area contributed by atoms with Crippen LogP contribution < -0.4 is 4.74 Å². The van der Waals surface area contributed by atoms with Crippen molar-refractivity contribution in [3.8, 4) is 11.5 Å². The maximum Gasteiger partial charge on any atom is 0.310 e. The fourth-order valence-corrected chi connectivity index (χ4v) is 2.20. The molecule has 0 aliphatic heterocycles. The van der Waals surface area contributed by atoms with Gasteiger partial charge in [-0.05, 0) is 37.6 Å². The topological polar surface area (TPSA) is 83.8 Å². The maximum absolute atomic E-state index is 11.0. The van der Waals surface area contributed by atoms with Gasteiger partial charge in [-0.15, -0.1) is 0 Å². The van der Waals surface area contributed by atoms with E-state index in [2.05, 4.69) is 0 Å². The van der Waals surface area contributed by atoms with E-state index in [1.54, 1.807) is 43.3 Å². The Morgan fingerprint density at radius 2 is 1.74 bits per heavy atom. The van der Waals surface area contributed by atoms with Crippen LogP contribution in [0.25, 0.3) is 0 Å². The van der Waals surface area contributed by atoms with E-state index in [0.29, 0.717) is 22.6 Å². The minimum atomic E-state index is -0.925. The van der Waals surface area contributed by atoms with E-state index in [-0.39, 0.29) is 6.42 Å². The van der Waals surface area contributed by atoms with Crippen LogP contribution in [0.3, 0.4) is 0 Å². The van der Waals surface area contributed by atoms with E-state index in [0.717, 1.165) is 5.56 Å². The molecule has 5 heteroatoms. The molecule has 0 spiro atoms. The van der Waals surface area contributed by atoms with E-state index in [4.69, 9.17) is 14.9 Å². The zero-order chi connectivity index (χ0) is 17.0. The summed E-state index contributed by atoms with van der Waals surface area (Å²) in [5.41, 5.74) is 2.24. The lowest BCUT2D eigenvalue weighted by Crippen LogP contribution is -2.07. The summed E-state index contributed by atoms with van der Waals surface area (Å²) >= 11 is 0. The van der Waals surface area contributed by atoms with Gasteiger partial charge in [0, 0.05) is 5.56 Å². The van der Waals surface area contributed by atoms with Gasteiger partial charge in [-0.2, -0.15) is 0 Å². The molecule has 2 aromatic carbocycles. The van der Waals surface area contributed by atoms with Gasteiger partial charge >= 0.3 is 11.9 Å². The minimum absolute atomic E-state index is 0.120. The van der Waals surface area contributed by atoms with Crippen molar-refractivity contribution in [3.05, 3.63) is 59.2 Å². The summed E-state index contributed by atoms with van der Waals surface area (Å²) in [6.45, 7) is 3.50. The number of aryl methyl sites for hydroxylation is 1. The van der Waals surface area contributed by atoms with Gasteiger partial charge in [0.05, 0.1) is 12.3 Å². The van der Waals surface area contributed by atoms with E-state index >= 15 is 0 Å². The summed E-state index contributed by atoms with van der Waals surface area (Å²) in [5.74, 6) is -1.39. The lowest BCUT2D eigenvalue weighted by Gasteiger charge is -2.12. The molecular formula is C18H18O5. The smallest absolute Gasteiger partial charge is 0.310 e. The summed E-state index contributed by atoms with van der Waals surface area (Å²) in [4.78, 5) is 21.9. The quantitative estimate of drug-likeness (QED) is 0.851. The standard InChI is InChI=1S/C18H18O5/c1-11-3-8-16(14(9-11)10-17(19)20)23-15-6-4-13(5-7-15)12(2)18(21)22/h3-9,12H,10H2,1-2H3,(H,19,20)(H,21,22). The highest BCUT2D eigenvalue weighted by molar-refractivity contribution is 5.75. The summed E-state index contributed by atoms with van der Waals surface area (Å²) in [6, 6.07) is 12.1. The van der Waals surface area contributed by atoms with E-state index in [1.165, 1.54) is 0 Å². The Balaban J connectivity index is 2.22. The first kappa shape index (κ1) is 16.5. The molecule has 2 aromatic rings. The summed E-state index contributed by atoms with van der Waals surface area (Å²) in [6.07, 6.45) is -0.120. The van der Waals surface area contributed by atoms with Crippen LogP contribution in [-0.4, -0.2) is 22.2 Å². The Morgan fingerprint density at radius 1 is 1.09 bits per heavy atom. The van der Waals surface area contributed by atoms with Crippen molar-refractivity contribution >= 4 is 11.9 Å². The van der Waals surface area contributed by atoms with Crippen LogP contribution in [0.2, 0.25) is 0 Å². The molecule has 1 unspecified atom stereocenters. The van der Waals surface area contributed by atoms with Gasteiger partial charge in [-0.3, -0.25) is 9.59 Å². The molecule has 2 rings (SSSR count). The second kappa shape index (κ2) is 6.96. The number of ether oxygens (including phenoxy) is 1. The van der Waals surface area contributed by atoms with Crippen molar-refractivity contribution in [2.75, 3.05) is 0 Å². The Morgan fingerprint density at radius 3 is 2.30 bits per heavy atom. The highest BCUT2D eigenvalue weighted by Gasteiger charge is 2.14. The molecule has 5 nitrogen and oxygen atoms in total. The summed E-state index contributed by atoms with van der Waals surface area (Å²) in [5, 5.41) is 18.0. The molecule has 0 aromatic heterocycles. The van der Waals surface area contributed by atoms with E-state index in [1.807, 2.05) is 13.0 Å². The number of carboxylic acids is 2. The molecule has 0 amide bonds. The number of benzene rings is 2. The van der Waals surface area contributed by atoms with Crippen molar-refractivity contribution in [2.24, 2.45) is 0 Å². The van der Waals surface area contributed by atoms with Crippen molar-refractivity contribution < 1.29 is 24.5 Å². The predicted octanol–water partition coefficient (Wildman–Crippen LogP) is 3.60. The van der Waals surface area contributed by atoms with E-state index < -0.39 is 17.9 Å². The molecule has 0 heterocycles. The van der Waals surface area contributed by atoms with Crippen molar-refractivity contribution in [3.63, 3.8) is 0 Å². The molecule has 0 saturated heterocycles. The van der Waals surface area contributed by atoms with Crippen LogP contribution in [0.1, 0.15) is 29.5 Å². The highest BCUT2D eigenvalue weighted by atomic mass is 16.5. The van der Waals surface area contributed by atoms with Gasteiger partial charge < -0.3 is 14.9 Å². The third-order valence-electron chi connectivity index (χ3n) is 3.54. The molecule has 2 N–H and O–H groups in total. The first-order chi connectivity index (χ1) is 10.9. The normalized spacial score (nSPS) is 11.7. The van der Waals surface area contributed by atoms with Crippen LogP contribution in [0.4, 0.5) is 0 Å². The van der Waals surface area contributed by atoms with Crippen molar-refractivity contribution in [2.45, 2.75) is 26.2 Å². The van der Waals surface area contributed by atoms with Crippen LogP contribution >= 0.6 is 0 Å². The Bertz CT molecular complexity index is 719. The first-order valence-corrected chi connectivity index (χ1v) is 7.18. The van der Waals surface area contributed by atoms with E-state index in [9.17, 15) is 9.59 Å². The Labute approximate surface area is 134 Å². The molecule has 0 aliphatic rings. The van der Waals surface area contributed by atoms with Crippen molar-refractivity contribution in [1.82, 2.24) is 0 Å². The van der Waals surface area contributed by atoms with Crippen LogP contribution in [0.5, 0.6) is 11.5 Å². The number of hydrogen-bond acceptors (Lipinski definition) is 3. The fourth-order valence-electron chi connectivity index (χ4n) is 2.20. The van der Waals surface area contributed by atoms with Gasteiger partial charge in [0.15, 0.2) is 0 Å². The number of carboxylic acid groups (broad SMARTS) is 2. The molecule has 0 saturated carbocycles. The molecule has 0 bridgehead atoms. The molecule has 0 fully saturated rings. The second-order valence-electron chi connectivity index (χ2n) is 5.41. The SMILES string of the molecule is Cc1ccc(Oc2ccc(C(C)C(=O)O)cc2)c(CC(=O)O)c1. The monoisotopic (exact) mass is 314 g/mol. The largest absolute Gasteiger partial charge is 0.481 e. The summed E-state index contributed by atoms with van der Waals surface area (Å²) in [7, 11) is 0. The fraction of sp³-hybridized carbons (Fsp3) is 0.222. The highest BCUT2D eigenvalue weighted by Crippen LogP contribution is 2.28. The van der Waals surface area contributed by atoms with Gasteiger partial charge in [0.1, 0.15) is 11.5 Å². The molecular weight excluding hydrogens is 296 g/mol. The summed E-state index contributed by atoms with van der Waals surface area (Å²) < 4.78 is 5.75. The number of aliphatic carboxylic acids is 2. The average molecular weight is 314 g/mol. The van der Waals surface area contributed by atoms with Gasteiger partial charge in [0.2, 0.25) is 0 Å². The van der Waals surface area contributed by atoms with Crippen LogP contribution in [-0.2, 0) is 16.0 Å². The van der Waals surface area contributed by atoms with Crippen LogP contribution in [0, 0.1) is 6.92 Å². The van der Waals surface area contributed by atoms with Gasteiger partial charge in [-0.25, -0.2) is 0 Å². The third-order valence-corrected chi connectivity index (χ3v) is 3.54. The average Bonchev–Trinajstić information content (AvgIpc) is 2.49. The second-order valence-corrected chi connectivity index (χ2v) is 5.41. The molecule has 120 valence electrons. The minimum Gasteiger partial charge on any atom is -0.481 e. The first-order valence-electron chi connectivity index (χ1n) is 7.18. The Hall–Kier alpha value is -2.82. The number of rotatable bonds is 6. The Kier molecular flexibility index (Phi) is 5.01. The molecule has 1 atom stereocenters. The molecule has 0 aliphatic carbocycles. The zero-order valence-corrected chi connectivity index (χ0v) is 12.9. The zero-order valence-electron chi connectivity index (χ0n) is 12.9. The third kappa shape index (κ3) is 4.32. The molecule has 0 radical (unpaired) electrons. The number of carbonyl (C=O) groups is 2. The van der Waals surface area contributed by atoms with Gasteiger partial charge in [-0.1, -0.05) is 29.8 Å². The van der Waals surface area contributed by atoms with Gasteiger partial charge in [0.25, 0.3) is 0 Å².